The zero-order chi connectivity index (χ0) is 36.8. The summed E-state index contributed by atoms with van der Waals surface area (Å²) in [6.07, 6.45) is -0.905. The zero-order valence-electron chi connectivity index (χ0n) is 27.2. The first-order valence-electron chi connectivity index (χ1n) is 15.9. The average Bonchev–Trinajstić information content (AvgIpc) is 3.26. The number of esters is 1. The summed E-state index contributed by atoms with van der Waals surface area (Å²) < 4.78 is 27.2. The zero-order valence-corrected chi connectivity index (χ0v) is 27.2. The molecule has 7 N–H and O–H groups in total. The number of ketones is 2. The molecule has 50 heavy (non-hydrogen) atoms. The van der Waals surface area contributed by atoms with E-state index in [-0.39, 0.29) is 30.8 Å². The van der Waals surface area contributed by atoms with Crippen LogP contribution in [0.3, 0.4) is 0 Å². The number of hydrogen-bond donors (Lipinski definition) is 7. The fourth-order valence-electron chi connectivity index (χ4n) is 8.44. The van der Waals surface area contributed by atoms with Crippen LogP contribution in [0.4, 0.5) is 9.18 Å². The van der Waals surface area contributed by atoms with Crippen LogP contribution in [0.2, 0.25) is 0 Å². The Labute approximate surface area is 284 Å². The Balaban J connectivity index is 1.21. The van der Waals surface area contributed by atoms with Gasteiger partial charge in [0, 0.05) is 16.7 Å². The lowest BCUT2D eigenvalue weighted by Crippen LogP contribution is -2.69. The summed E-state index contributed by atoms with van der Waals surface area (Å²) in [5.74, 6) is -5.72. The molecule has 0 saturated heterocycles. The van der Waals surface area contributed by atoms with Crippen molar-refractivity contribution < 1.29 is 73.5 Å². The number of alkyl carbamates (subject to hydrolysis) is 1. The molecule has 0 radical (unpaired) electrons. The largest absolute Gasteiger partial charge is 0.480 e. The highest BCUT2D eigenvalue weighted by molar-refractivity contribution is 6.01. The number of nitrogens with zero attached hydrogens (tertiary/aromatic N) is 1. The maximum atomic E-state index is 17.3. The number of aliphatic carboxylic acids is 1. The Bertz CT molecular complexity index is 1620. The second-order valence-electron chi connectivity index (χ2n) is 13.6. The number of nitrogens with one attached hydrogen (secondary N) is 1. The maximum Gasteiger partial charge on any atom is 0.408 e. The van der Waals surface area contributed by atoms with E-state index in [9.17, 15) is 44.4 Å². The third kappa shape index (κ3) is 6.12. The molecule has 0 bridgehead atoms. The molecule has 4 aliphatic rings. The van der Waals surface area contributed by atoms with Gasteiger partial charge < -0.3 is 35.2 Å². The fraction of sp³-hybridized carbons (Fsp3) is 0.545. The van der Waals surface area contributed by atoms with Crippen molar-refractivity contribution in [1.29, 1.82) is 0 Å². The number of aliphatic hydroxyl groups is 3. The summed E-state index contributed by atoms with van der Waals surface area (Å²) in [6.45, 7) is 0.856. The quantitative estimate of drug-likeness (QED) is 0.126. The Morgan fingerprint density at radius 2 is 1.74 bits per heavy atom. The van der Waals surface area contributed by atoms with Crippen molar-refractivity contribution in [2.45, 2.75) is 75.7 Å². The highest BCUT2D eigenvalue weighted by Gasteiger charge is 2.76. The first-order valence-corrected chi connectivity index (χ1v) is 15.9. The molecule has 1 aromatic carbocycles. The lowest BCUT2D eigenvalue weighted by molar-refractivity contribution is -0.497. The van der Waals surface area contributed by atoms with Crippen molar-refractivity contribution in [3.8, 4) is 0 Å². The van der Waals surface area contributed by atoms with E-state index in [0.29, 0.717) is 17.6 Å². The van der Waals surface area contributed by atoms with E-state index in [1.165, 1.54) is 49.4 Å². The third-order valence-corrected chi connectivity index (χ3v) is 11.1. The number of aliphatic hydroxyl groups excluding tert-OH is 2. The van der Waals surface area contributed by atoms with Crippen molar-refractivity contribution in [3.05, 3.63) is 59.2 Å². The Morgan fingerprint density at radius 1 is 1.06 bits per heavy atom. The Morgan fingerprint density at radius 3 is 2.38 bits per heavy atom. The van der Waals surface area contributed by atoms with E-state index in [0.717, 1.165) is 0 Å². The molecule has 3 saturated carbocycles. The van der Waals surface area contributed by atoms with Gasteiger partial charge in [0.15, 0.2) is 29.7 Å². The minimum absolute atomic E-state index is 0.00606. The van der Waals surface area contributed by atoms with Gasteiger partial charge in [0.25, 0.3) is 0 Å². The number of Topliss-reactive ketones (excluding diaryl/α,β-unsaturated/α-hetero) is 1. The van der Waals surface area contributed by atoms with Gasteiger partial charge in [-0.1, -0.05) is 30.7 Å². The van der Waals surface area contributed by atoms with Crippen LogP contribution in [0, 0.1) is 22.7 Å². The van der Waals surface area contributed by atoms with Gasteiger partial charge in [-0.05, 0) is 68.4 Å². The van der Waals surface area contributed by atoms with Crippen molar-refractivity contribution in [3.63, 3.8) is 0 Å². The molecule has 0 aromatic heterocycles. The van der Waals surface area contributed by atoms with Crippen LogP contribution in [0.5, 0.6) is 0 Å². The molecule has 5 rings (SSSR count). The fourth-order valence-corrected chi connectivity index (χ4v) is 8.44. The summed E-state index contributed by atoms with van der Waals surface area (Å²) >= 11 is 0. The van der Waals surface area contributed by atoms with Crippen molar-refractivity contribution in [2.75, 3.05) is 13.2 Å². The van der Waals surface area contributed by atoms with Crippen LogP contribution in [0.1, 0.15) is 55.5 Å². The summed E-state index contributed by atoms with van der Waals surface area (Å²) in [4.78, 5) is 66.7. The number of benzene rings is 1. The first kappa shape index (κ1) is 37.2. The summed E-state index contributed by atoms with van der Waals surface area (Å²) in [5.41, 5.74) is -6.77. The van der Waals surface area contributed by atoms with Gasteiger partial charge in [-0.3, -0.25) is 20.0 Å². The lowest BCUT2D eigenvalue weighted by Gasteiger charge is -2.62. The molecule has 0 spiro atoms. The van der Waals surface area contributed by atoms with E-state index in [2.05, 4.69) is 4.84 Å². The standard InChI is InChI=1S/C33H39FN2O14/c1-30-10-9-20(37)11-19(30)7-8-21-22-12-24(38)33(45,31(22,2)13-25(39)32(21,30)34)26(40)16-49-29(44)35-23(27(41)42)15-48-28(43)18-5-3-17(4-6-18)14-50-36(46)47/h3-6,9-11,21-25,38-39,45-47H,7-8,12-16H2,1-2H3,(H,35,44)(H,41,42)/t21-,22-,23?,24+,25-,30-,31-,32-,33?/m0/s1. The van der Waals surface area contributed by atoms with Crippen LogP contribution < -0.4 is 5.32 Å². The van der Waals surface area contributed by atoms with E-state index in [1.54, 1.807) is 6.92 Å². The number of fused-ring (bicyclic) bond motifs is 5. The van der Waals surface area contributed by atoms with Gasteiger partial charge in [-0.15, -0.1) is 0 Å². The number of rotatable bonds is 11. The highest BCUT2D eigenvalue weighted by atomic mass is 19.1. The molecule has 1 aromatic rings. The summed E-state index contributed by atoms with van der Waals surface area (Å²) in [5, 5.41) is 62.5. The SMILES string of the molecule is C[C@]12C[C@H](O)[C@@]3(F)[C@@H](CCC4=CC(=O)C=C[C@@]43C)[C@@H]1C[C@@H](O)C2(O)C(=O)COC(=O)NC(COC(=O)c1ccc(CON(O)O)cc1)C(=O)O. The molecule has 0 aliphatic heterocycles. The number of allylic oxidation sites excluding steroid dienone is 4. The Kier molecular flexibility index (Phi) is 10.1. The third-order valence-electron chi connectivity index (χ3n) is 11.1. The second kappa shape index (κ2) is 13.6. The molecule has 272 valence electrons. The second-order valence-corrected chi connectivity index (χ2v) is 13.6. The van der Waals surface area contributed by atoms with Gasteiger partial charge in [-0.2, -0.15) is 0 Å². The molecule has 17 heteroatoms. The molecule has 9 atom stereocenters. The molecule has 1 amide bonds. The molecule has 2 unspecified atom stereocenters. The van der Waals surface area contributed by atoms with Crippen molar-refractivity contribution in [2.24, 2.45) is 22.7 Å². The number of ether oxygens (including phenoxy) is 2. The minimum Gasteiger partial charge on any atom is -0.480 e. The number of amides is 1. The molecule has 0 heterocycles. The molecule has 3 fully saturated rings. The number of halogens is 1. The predicted octanol–water partition coefficient (Wildman–Crippen LogP) is 1.18. The number of alkyl halides is 1. The van der Waals surface area contributed by atoms with Gasteiger partial charge in [0.1, 0.15) is 6.61 Å². The number of hydrogen-bond acceptors (Lipinski definition) is 14. The van der Waals surface area contributed by atoms with Gasteiger partial charge in [0.2, 0.25) is 5.78 Å². The number of carbonyl (C=O) groups is 5. The lowest BCUT2D eigenvalue weighted by atomic mass is 9.44. The monoisotopic (exact) mass is 706 g/mol. The van der Waals surface area contributed by atoms with E-state index >= 15 is 4.39 Å². The summed E-state index contributed by atoms with van der Waals surface area (Å²) in [6, 6.07) is 3.58. The normalized spacial score (nSPS) is 34.9. The van der Waals surface area contributed by atoms with Crippen LogP contribution in [0.15, 0.2) is 48.1 Å². The molecule has 4 aliphatic carbocycles. The first-order chi connectivity index (χ1) is 23.4. The average molecular weight is 707 g/mol. The molecular weight excluding hydrogens is 667 g/mol. The maximum absolute atomic E-state index is 17.3. The predicted molar refractivity (Wildman–Crippen MR) is 163 cm³/mol. The van der Waals surface area contributed by atoms with Crippen molar-refractivity contribution in [1.82, 2.24) is 10.7 Å². The minimum atomic E-state index is -2.57. The van der Waals surface area contributed by atoms with Crippen molar-refractivity contribution >= 4 is 29.6 Å². The highest BCUT2D eigenvalue weighted by Crippen LogP contribution is 2.69. The van der Waals surface area contributed by atoms with E-state index in [4.69, 9.17) is 19.9 Å². The number of carboxylic acid groups (broad SMARTS) is 1. The number of carbonyl (C=O) groups excluding carboxylic acids is 4. The van der Waals surface area contributed by atoms with E-state index in [1.807, 2.05) is 5.32 Å². The Hall–Kier alpha value is -4.10. The summed E-state index contributed by atoms with van der Waals surface area (Å²) in [7, 11) is 0. The van der Waals surface area contributed by atoms with E-state index < -0.39 is 101 Å². The topological polar surface area (TPSA) is 250 Å². The van der Waals surface area contributed by atoms with Crippen LogP contribution >= 0.6 is 0 Å². The molecular formula is C33H39FN2O14. The van der Waals surface area contributed by atoms with Crippen LogP contribution in [-0.2, 0) is 35.3 Å². The van der Waals surface area contributed by atoms with Gasteiger partial charge in [-0.25, -0.2) is 23.6 Å². The smallest absolute Gasteiger partial charge is 0.408 e. The number of carboxylic acids is 1. The molecule has 16 nitrogen and oxygen atoms in total. The van der Waals surface area contributed by atoms with Gasteiger partial charge >= 0.3 is 18.0 Å². The van der Waals surface area contributed by atoms with Crippen LogP contribution in [0.25, 0.3) is 0 Å². The van der Waals surface area contributed by atoms with Gasteiger partial charge in [0.05, 0.1) is 29.8 Å². The van der Waals surface area contributed by atoms with Crippen LogP contribution in [-0.4, -0.2) is 109 Å².